The van der Waals surface area contributed by atoms with E-state index in [0.717, 1.165) is 28.5 Å². The van der Waals surface area contributed by atoms with E-state index in [9.17, 15) is 4.79 Å². The lowest BCUT2D eigenvalue weighted by Crippen LogP contribution is -2.23. The van der Waals surface area contributed by atoms with E-state index in [1.165, 1.54) is 0 Å². The maximum atomic E-state index is 12.0. The topological polar surface area (TPSA) is 46.9 Å². The number of benzene rings is 2. The average molecular weight is 357 g/mol. The third-order valence-electron chi connectivity index (χ3n) is 4.21. The van der Waals surface area contributed by atoms with Crippen LogP contribution in [-0.2, 0) is 17.8 Å². The first-order valence-electron chi connectivity index (χ1n) is 8.87. The van der Waals surface area contributed by atoms with Crippen LogP contribution >= 0.6 is 0 Å². The van der Waals surface area contributed by atoms with E-state index in [1.54, 1.807) is 6.92 Å². The maximum absolute atomic E-state index is 12.0. The third-order valence-corrected chi connectivity index (χ3v) is 4.21. The Kier molecular flexibility index (Phi) is 5.67. The molecule has 4 heteroatoms. The number of hydrogen-bond donors (Lipinski definition) is 1. The summed E-state index contributed by atoms with van der Waals surface area (Å²) >= 11 is 0. The Balaban J connectivity index is 2.16. The van der Waals surface area contributed by atoms with E-state index in [4.69, 9.17) is 4.98 Å². The minimum Gasteiger partial charge on any atom is -0.347 e. The smallest absolute Gasteiger partial charge is 0.246 e. The number of nitrogens with one attached hydrogen (secondary N) is 1. The molecule has 0 saturated heterocycles. The van der Waals surface area contributed by atoms with Crippen LogP contribution < -0.4 is 5.32 Å². The van der Waals surface area contributed by atoms with Gasteiger partial charge in [0, 0.05) is 23.2 Å². The van der Waals surface area contributed by atoms with Gasteiger partial charge in [-0.2, -0.15) is 0 Å². The highest BCUT2D eigenvalue weighted by Gasteiger charge is 2.19. The second-order valence-electron chi connectivity index (χ2n) is 6.32. The van der Waals surface area contributed by atoms with Crippen molar-refractivity contribution < 1.29 is 4.79 Å². The first-order chi connectivity index (χ1) is 13.1. The van der Waals surface area contributed by atoms with E-state index in [-0.39, 0.29) is 5.91 Å². The maximum Gasteiger partial charge on any atom is 0.246 e. The van der Waals surface area contributed by atoms with Crippen molar-refractivity contribution in [2.75, 3.05) is 0 Å². The van der Waals surface area contributed by atoms with Gasteiger partial charge in [-0.3, -0.25) is 9.36 Å². The van der Waals surface area contributed by atoms with Crippen LogP contribution in [-0.4, -0.2) is 15.5 Å². The minimum atomic E-state index is -0.173. The summed E-state index contributed by atoms with van der Waals surface area (Å²) in [7, 11) is 0. The van der Waals surface area contributed by atoms with Crippen molar-refractivity contribution in [2.45, 2.75) is 19.9 Å². The molecule has 0 bridgehead atoms. The van der Waals surface area contributed by atoms with Crippen LogP contribution in [0.3, 0.4) is 0 Å². The third kappa shape index (κ3) is 4.06. The van der Waals surface area contributed by atoms with Crippen LogP contribution in [0.15, 0.2) is 85.5 Å². The predicted octanol–water partition coefficient (Wildman–Crippen LogP) is 4.46. The average Bonchev–Trinajstić information content (AvgIpc) is 3.05. The molecule has 1 heterocycles. The van der Waals surface area contributed by atoms with Gasteiger partial charge in [-0.25, -0.2) is 4.98 Å². The number of nitrogens with zero attached hydrogens (tertiary/aromatic N) is 2. The Morgan fingerprint density at radius 3 is 2.33 bits per heavy atom. The van der Waals surface area contributed by atoms with Gasteiger partial charge in [0.05, 0.1) is 17.9 Å². The first-order valence-corrected chi connectivity index (χ1v) is 8.87. The first kappa shape index (κ1) is 18.4. The monoisotopic (exact) mass is 357 g/mol. The molecule has 2 aromatic carbocycles. The number of para-hydroxylation sites is 1. The molecule has 0 spiro atoms. The number of rotatable bonds is 7. The summed E-state index contributed by atoms with van der Waals surface area (Å²) in [5.74, 6) is 0.711. The lowest BCUT2D eigenvalue weighted by atomic mass is 10.1. The fourth-order valence-electron chi connectivity index (χ4n) is 2.97. The van der Waals surface area contributed by atoms with Crippen LogP contribution in [0.2, 0.25) is 0 Å². The number of hydrogen-bond acceptors (Lipinski definition) is 2. The van der Waals surface area contributed by atoms with Crippen LogP contribution in [0.25, 0.3) is 16.9 Å². The van der Waals surface area contributed by atoms with Gasteiger partial charge in [0.2, 0.25) is 5.91 Å². The van der Waals surface area contributed by atoms with Crippen LogP contribution in [0.4, 0.5) is 0 Å². The molecule has 136 valence electrons. The Hall–Kier alpha value is -3.40. The molecule has 3 rings (SSSR count). The molecule has 4 nitrogen and oxygen atoms in total. The molecule has 1 aromatic heterocycles. The summed E-state index contributed by atoms with van der Waals surface area (Å²) in [4.78, 5) is 16.8. The van der Waals surface area contributed by atoms with Crippen molar-refractivity contribution in [3.63, 3.8) is 0 Å². The Morgan fingerprint density at radius 1 is 1.11 bits per heavy atom. The van der Waals surface area contributed by atoms with E-state index < -0.39 is 0 Å². The zero-order valence-electron chi connectivity index (χ0n) is 15.5. The Morgan fingerprint density at radius 2 is 1.74 bits per heavy atom. The summed E-state index contributed by atoms with van der Waals surface area (Å²) in [5, 5.41) is 2.90. The Labute approximate surface area is 159 Å². The van der Waals surface area contributed by atoms with Crippen molar-refractivity contribution in [3.8, 4) is 16.9 Å². The number of amides is 1. The predicted molar refractivity (Wildman–Crippen MR) is 110 cm³/mol. The number of carbonyl (C=O) groups is 1. The molecule has 3 aromatic rings. The molecule has 1 amide bonds. The molecule has 0 fully saturated rings. The van der Waals surface area contributed by atoms with Crippen LogP contribution in [0.5, 0.6) is 0 Å². The second-order valence-corrected chi connectivity index (χ2v) is 6.32. The highest BCUT2D eigenvalue weighted by Crippen LogP contribution is 2.29. The van der Waals surface area contributed by atoms with Crippen LogP contribution in [0.1, 0.15) is 18.4 Å². The van der Waals surface area contributed by atoms with Crippen molar-refractivity contribution in [2.24, 2.45) is 0 Å². The highest BCUT2D eigenvalue weighted by molar-refractivity contribution is 5.92. The van der Waals surface area contributed by atoms with Crippen molar-refractivity contribution in [1.82, 2.24) is 14.9 Å². The van der Waals surface area contributed by atoms with Gasteiger partial charge in [-0.05, 0) is 19.1 Å². The molecule has 0 aliphatic carbocycles. The van der Waals surface area contributed by atoms with E-state index >= 15 is 0 Å². The number of allylic oxidation sites excluding steroid dienone is 1. The van der Waals surface area contributed by atoms with E-state index in [2.05, 4.69) is 47.3 Å². The fraction of sp³-hybridized carbons (Fsp3) is 0.130. The zero-order chi connectivity index (χ0) is 19.2. The van der Waals surface area contributed by atoms with Gasteiger partial charge in [-0.1, -0.05) is 61.2 Å². The number of aromatic nitrogens is 2. The highest BCUT2D eigenvalue weighted by atomic mass is 16.1. The Bertz CT molecular complexity index is 956. The molecule has 0 radical (unpaired) electrons. The number of carbonyl (C=O) groups excluding carboxylic acids is 1. The van der Waals surface area contributed by atoms with Gasteiger partial charge in [0.15, 0.2) is 0 Å². The van der Waals surface area contributed by atoms with Gasteiger partial charge in [-0.15, -0.1) is 6.58 Å². The molecule has 0 aliphatic heterocycles. The molecule has 0 saturated carbocycles. The lowest BCUT2D eigenvalue weighted by Gasteiger charge is -2.13. The summed E-state index contributed by atoms with van der Waals surface area (Å²) in [6.45, 7) is 9.59. The van der Waals surface area contributed by atoms with Crippen molar-refractivity contribution in [1.29, 1.82) is 0 Å². The standard InChI is InChI=1S/C23H23N3O/c1-4-11-21-25-20(16-24-23(27)17(2)3)22(18-12-7-5-8-13-18)26(21)19-14-9-6-10-15-19/h4-10,12-15H,1-2,11,16H2,3H3,(H,24,27). The molecule has 0 atom stereocenters. The summed E-state index contributed by atoms with van der Waals surface area (Å²) in [5.41, 5.74) is 4.34. The quantitative estimate of drug-likeness (QED) is 0.501. The number of imidazole rings is 1. The van der Waals surface area contributed by atoms with Gasteiger partial charge >= 0.3 is 0 Å². The summed E-state index contributed by atoms with van der Waals surface area (Å²) < 4.78 is 2.14. The van der Waals surface area contributed by atoms with Crippen molar-refractivity contribution >= 4 is 5.91 Å². The molecule has 27 heavy (non-hydrogen) atoms. The van der Waals surface area contributed by atoms with Gasteiger partial charge < -0.3 is 5.32 Å². The van der Waals surface area contributed by atoms with E-state index in [0.29, 0.717) is 18.5 Å². The lowest BCUT2D eigenvalue weighted by molar-refractivity contribution is -0.117. The molecular formula is C23H23N3O. The zero-order valence-corrected chi connectivity index (χ0v) is 15.5. The summed E-state index contributed by atoms with van der Waals surface area (Å²) in [6.07, 6.45) is 2.47. The molecule has 0 aliphatic rings. The fourth-order valence-corrected chi connectivity index (χ4v) is 2.97. The SMILES string of the molecule is C=CCc1nc(CNC(=O)C(=C)C)c(-c2ccccc2)n1-c1ccccc1. The normalized spacial score (nSPS) is 10.4. The molecule has 0 unspecified atom stereocenters. The largest absolute Gasteiger partial charge is 0.347 e. The van der Waals surface area contributed by atoms with Crippen molar-refractivity contribution in [3.05, 3.63) is 97.0 Å². The molecular weight excluding hydrogens is 334 g/mol. The van der Waals surface area contributed by atoms with Gasteiger partial charge in [0.25, 0.3) is 0 Å². The van der Waals surface area contributed by atoms with Crippen LogP contribution in [0, 0.1) is 0 Å². The van der Waals surface area contributed by atoms with Gasteiger partial charge in [0.1, 0.15) is 5.82 Å². The minimum absolute atomic E-state index is 0.173. The molecule has 1 N–H and O–H groups in total. The van der Waals surface area contributed by atoms with E-state index in [1.807, 2.05) is 42.5 Å². The summed E-state index contributed by atoms with van der Waals surface area (Å²) in [6, 6.07) is 20.2. The second kappa shape index (κ2) is 8.32.